The fourth-order valence-corrected chi connectivity index (χ4v) is 5.47. The minimum atomic E-state index is -1.03. The van der Waals surface area contributed by atoms with Crippen LogP contribution in [0.3, 0.4) is 0 Å². The van der Waals surface area contributed by atoms with Crippen LogP contribution < -0.4 is 20.7 Å². The fourth-order valence-electron chi connectivity index (χ4n) is 5.47. The van der Waals surface area contributed by atoms with E-state index in [0.29, 0.717) is 26.1 Å². The number of nitrogens with one attached hydrogen (secondary N) is 3. The number of carbonyl (C=O) groups is 3. The van der Waals surface area contributed by atoms with Crippen molar-refractivity contribution in [2.75, 3.05) is 26.7 Å². The normalized spacial score (nSPS) is 14.6. The van der Waals surface area contributed by atoms with Crippen LogP contribution in [0.15, 0.2) is 84.9 Å². The van der Waals surface area contributed by atoms with E-state index in [0.717, 1.165) is 41.7 Å². The van der Waals surface area contributed by atoms with E-state index in [1.807, 2.05) is 89.8 Å². The molecular weight excluding hydrogens is 620 g/mol. The summed E-state index contributed by atoms with van der Waals surface area (Å²) in [5, 5.41) is 20.2. The van der Waals surface area contributed by atoms with Crippen molar-refractivity contribution in [3.05, 3.63) is 102 Å². The maximum Gasteiger partial charge on any atom is 0.408 e. The Morgan fingerprint density at radius 1 is 0.851 bits per heavy atom. The molecule has 0 aromatic heterocycles. The molecule has 1 aliphatic rings. The van der Waals surface area contributed by atoms with Crippen molar-refractivity contribution in [3.8, 4) is 5.75 Å². The van der Waals surface area contributed by atoms with Gasteiger partial charge < -0.3 is 35.4 Å². The monoisotopic (exact) mass is 666 g/mol. The number of ether oxygens (including phenoxy) is 2. The summed E-state index contributed by atoms with van der Waals surface area (Å²) in [5.41, 5.74) is 2.74. The summed E-state index contributed by atoms with van der Waals surface area (Å²) in [6.45, 7) is 2.16. The number of carbonyl (C=O) groups excluding carboxylic acids is 3. The third kappa shape index (κ3) is 12.9. The molecule has 10 nitrogen and oxygen atoms in total. The Labute approximate surface area is 283 Å². The van der Waals surface area contributed by atoms with E-state index in [-0.39, 0.29) is 44.3 Å². The number of hydrogen-bond acceptors (Lipinski definition) is 7. The largest absolute Gasteiger partial charge is 0.497 e. The second kappa shape index (κ2) is 20.2. The van der Waals surface area contributed by atoms with E-state index in [4.69, 9.17) is 9.47 Å². The molecule has 4 rings (SSSR count). The molecule has 1 heterocycles. The molecule has 254 valence electrons. The second-order valence-corrected chi connectivity index (χ2v) is 11.6. The number of likely N-dealkylation sites (tertiary alicyclic amines) is 1. The van der Waals surface area contributed by atoms with Gasteiger partial charge in [0.15, 0.2) is 0 Å². The molecule has 3 aromatic carbocycles. The lowest BCUT2D eigenvalue weighted by molar-refractivity contribution is -0.132. The molecular formula is C36H47ClN4O6. The molecule has 0 spiro atoms. The first-order valence-electron chi connectivity index (χ1n) is 16.0. The Kier molecular flexibility index (Phi) is 16.0. The lowest BCUT2D eigenvalue weighted by Gasteiger charge is -2.29. The van der Waals surface area contributed by atoms with E-state index < -0.39 is 30.2 Å². The van der Waals surface area contributed by atoms with Crippen LogP contribution in [0.4, 0.5) is 4.79 Å². The minimum absolute atomic E-state index is 0. The van der Waals surface area contributed by atoms with E-state index in [9.17, 15) is 19.5 Å². The smallest absolute Gasteiger partial charge is 0.408 e. The van der Waals surface area contributed by atoms with Gasteiger partial charge in [0.1, 0.15) is 18.4 Å². The number of piperidine rings is 1. The van der Waals surface area contributed by atoms with Gasteiger partial charge in [-0.1, -0.05) is 72.8 Å². The lowest BCUT2D eigenvalue weighted by Crippen LogP contribution is -2.55. The fraction of sp³-hybridized carbons (Fsp3) is 0.417. The number of methoxy groups -OCH3 is 1. The van der Waals surface area contributed by atoms with Crippen molar-refractivity contribution >= 4 is 30.3 Å². The highest BCUT2D eigenvalue weighted by Crippen LogP contribution is 2.14. The SMILES string of the molecule is COc1cccc(CNC[C@@H](O)[C@H](Cc2ccccc2)NC(=O)[C@@H](CCC(=O)N2CCCCC2)NC(=O)OCc2ccccc2)c1.Cl. The van der Waals surface area contributed by atoms with E-state index >= 15 is 0 Å². The Bertz CT molecular complexity index is 1370. The van der Waals surface area contributed by atoms with Crippen molar-refractivity contribution in [3.63, 3.8) is 0 Å². The Balaban J connectivity index is 0.00000600. The molecule has 0 saturated carbocycles. The van der Waals surface area contributed by atoms with Crippen LogP contribution in [0, 0.1) is 0 Å². The predicted octanol–water partition coefficient (Wildman–Crippen LogP) is 4.38. The quantitative estimate of drug-likeness (QED) is 0.179. The van der Waals surface area contributed by atoms with Gasteiger partial charge in [-0.2, -0.15) is 0 Å². The van der Waals surface area contributed by atoms with Crippen LogP contribution in [0.5, 0.6) is 5.75 Å². The summed E-state index contributed by atoms with van der Waals surface area (Å²) in [7, 11) is 1.61. The van der Waals surface area contributed by atoms with Crippen LogP contribution in [0.1, 0.15) is 48.8 Å². The highest BCUT2D eigenvalue weighted by Gasteiger charge is 2.29. The first-order valence-corrected chi connectivity index (χ1v) is 16.0. The number of hydrogen-bond donors (Lipinski definition) is 4. The molecule has 3 atom stereocenters. The lowest BCUT2D eigenvalue weighted by atomic mass is 9.99. The highest BCUT2D eigenvalue weighted by atomic mass is 35.5. The molecule has 3 aromatic rings. The van der Waals surface area contributed by atoms with Gasteiger partial charge in [-0.15, -0.1) is 12.4 Å². The average molecular weight is 667 g/mol. The molecule has 11 heteroatoms. The predicted molar refractivity (Wildman–Crippen MR) is 183 cm³/mol. The van der Waals surface area contributed by atoms with Gasteiger partial charge >= 0.3 is 6.09 Å². The average Bonchev–Trinajstić information content (AvgIpc) is 3.10. The summed E-state index contributed by atoms with van der Waals surface area (Å²) < 4.78 is 10.7. The van der Waals surface area contributed by atoms with Crippen LogP contribution >= 0.6 is 12.4 Å². The Hall–Kier alpha value is -4.12. The Morgan fingerprint density at radius 3 is 2.19 bits per heavy atom. The van der Waals surface area contributed by atoms with E-state index in [1.165, 1.54) is 0 Å². The molecule has 1 saturated heterocycles. The first kappa shape index (κ1) is 37.3. The molecule has 0 radical (unpaired) electrons. The number of alkyl carbamates (subject to hydrolysis) is 1. The maximum absolute atomic E-state index is 13.8. The second-order valence-electron chi connectivity index (χ2n) is 11.6. The molecule has 0 aliphatic carbocycles. The molecule has 3 amide bonds. The van der Waals surface area contributed by atoms with Crippen molar-refractivity contribution < 1.29 is 29.0 Å². The number of aliphatic hydroxyl groups is 1. The minimum Gasteiger partial charge on any atom is -0.497 e. The van der Waals surface area contributed by atoms with Crippen LogP contribution in [-0.2, 0) is 33.9 Å². The van der Waals surface area contributed by atoms with Crippen molar-refractivity contribution in [2.45, 2.75) is 69.9 Å². The zero-order valence-electron chi connectivity index (χ0n) is 26.9. The third-order valence-electron chi connectivity index (χ3n) is 8.08. The number of halogens is 1. The standard InChI is InChI=1S/C36H46N4O6.ClH/c1-45-30-17-11-16-29(22-30)24-37-25-33(41)32(23-27-12-5-2-6-13-27)38-35(43)31(18-19-34(42)40-20-9-4-10-21-40)39-36(44)46-26-28-14-7-3-8-15-28;/h2-3,5-8,11-17,22,31-33,37,41H,4,9-10,18-21,23-26H2,1H3,(H,38,43)(H,39,44);1H/t31-,32+,33-;/m1./s1. The van der Waals surface area contributed by atoms with Gasteiger partial charge in [0.25, 0.3) is 0 Å². The number of benzene rings is 3. The van der Waals surface area contributed by atoms with Gasteiger partial charge in [-0.05, 0) is 60.9 Å². The molecule has 4 N–H and O–H groups in total. The zero-order valence-corrected chi connectivity index (χ0v) is 27.8. The molecule has 1 fully saturated rings. The summed E-state index contributed by atoms with van der Waals surface area (Å²) in [4.78, 5) is 41.4. The van der Waals surface area contributed by atoms with Gasteiger partial charge in [-0.25, -0.2) is 4.79 Å². The maximum atomic E-state index is 13.8. The number of amides is 3. The van der Waals surface area contributed by atoms with Crippen molar-refractivity contribution in [1.82, 2.24) is 20.9 Å². The molecule has 47 heavy (non-hydrogen) atoms. The summed E-state index contributed by atoms with van der Waals surface area (Å²) >= 11 is 0. The Morgan fingerprint density at radius 2 is 1.51 bits per heavy atom. The summed E-state index contributed by atoms with van der Waals surface area (Å²) in [5.74, 6) is 0.212. The molecule has 0 unspecified atom stereocenters. The zero-order chi connectivity index (χ0) is 32.6. The van der Waals surface area contributed by atoms with Gasteiger partial charge in [-0.3, -0.25) is 9.59 Å². The van der Waals surface area contributed by atoms with Crippen molar-refractivity contribution in [2.24, 2.45) is 0 Å². The topological polar surface area (TPSA) is 129 Å². The van der Waals surface area contributed by atoms with E-state index in [2.05, 4.69) is 16.0 Å². The molecule has 0 bridgehead atoms. The highest BCUT2D eigenvalue weighted by molar-refractivity contribution is 5.87. The van der Waals surface area contributed by atoms with Gasteiger partial charge in [0.05, 0.1) is 19.3 Å². The number of nitrogens with zero attached hydrogens (tertiary/aromatic N) is 1. The van der Waals surface area contributed by atoms with E-state index in [1.54, 1.807) is 7.11 Å². The van der Waals surface area contributed by atoms with Gasteiger partial charge in [0.2, 0.25) is 11.8 Å². The molecule has 1 aliphatic heterocycles. The summed E-state index contributed by atoms with van der Waals surface area (Å²) in [6, 6.07) is 24.8. The first-order chi connectivity index (χ1) is 22.4. The summed E-state index contributed by atoms with van der Waals surface area (Å²) in [6.07, 6.45) is 1.89. The van der Waals surface area contributed by atoms with Crippen molar-refractivity contribution in [1.29, 1.82) is 0 Å². The van der Waals surface area contributed by atoms with Crippen LogP contribution in [0.25, 0.3) is 0 Å². The number of aliphatic hydroxyl groups excluding tert-OH is 1. The number of rotatable bonds is 16. The van der Waals surface area contributed by atoms with Crippen LogP contribution in [-0.4, -0.2) is 72.8 Å². The van der Waals surface area contributed by atoms with Gasteiger partial charge in [0, 0.05) is 32.6 Å². The third-order valence-corrected chi connectivity index (χ3v) is 8.08. The van der Waals surface area contributed by atoms with Crippen LogP contribution in [0.2, 0.25) is 0 Å².